The zero-order chi connectivity index (χ0) is 14.2. The van der Waals surface area contributed by atoms with Crippen LogP contribution >= 0.6 is 0 Å². The third-order valence-corrected chi connectivity index (χ3v) is 2.07. The van der Waals surface area contributed by atoms with E-state index < -0.39 is 53.3 Å². The van der Waals surface area contributed by atoms with Gasteiger partial charge < -0.3 is 5.73 Å². The van der Waals surface area contributed by atoms with E-state index in [1.165, 1.54) is 0 Å². The second-order valence-corrected chi connectivity index (χ2v) is 3.41. The summed E-state index contributed by atoms with van der Waals surface area (Å²) in [4.78, 5) is 0. The van der Waals surface area contributed by atoms with E-state index in [9.17, 15) is 35.1 Å². The Hall–Kier alpha value is -1.38. The predicted molar refractivity (Wildman–Crippen MR) is 43.8 cm³/mol. The van der Waals surface area contributed by atoms with Gasteiger partial charge in [-0.3, -0.25) is 0 Å². The van der Waals surface area contributed by atoms with Crippen LogP contribution in [-0.4, -0.2) is 6.18 Å². The van der Waals surface area contributed by atoms with E-state index in [4.69, 9.17) is 5.73 Å². The molecule has 0 spiro atoms. The summed E-state index contributed by atoms with van der Waals surface area (Å²) in [6, 6.07) is -2.38. The van der Waals surface area contributed by atoms with E-state index in [0.29, 0.717) is 0 Å². The lowest BCUT2D eigenvalue weighted by atomic mass is 10.0. The number of hydrogen-bond acceptors (Lipinski definition) is 1. The second-order valence-electron chi connectivity index (χ2n) is 3.41. The molecule has 9 heteroatoms. The summed E-state index contributed by atoms with van der Waals surface area (Å²) >= 11 is 0. The van der Waals surface area contributed by atoms with Crippen LogP contribution in [0.15, 0.2) is 0 Å². The topological polar surface area (TPSA) is 26.0 Å². The van der Waals surface area contributed by atoms with Gasteiger partial charge >= 0.3 is 6.18 Å². The van der Waals surface area contributed by atoms with Crippen LogP contribution in [0.4, 0.5) is 35.1 Å². The maximum absolute atomic E-state index is 13.1. The van der Waals surface area contributed by atoms with Crippen molar-refractivity contribution < 1.29 is 35.1 Å². The van der Waals surface area contributed by atoms with Gasteiger partial charge in [0.15, 0.2) is 23.3 Å². The molecule has 0 saturated carbocycles. The third kappa shape index (κ3) is 2.71. The van der Waals surface area contributed by atoms with Crippen LogP contribution in [0.5, 0.6) is 0 Å². The molecule has 0 amide bonds. The van der Waals surface area contributed by atoms with Gasteiger partial charge in [-0.25, -0.2) is 22.0 Å². The van der Waals surface area contributed by atoms with Gasteiger partial charge in [-0.2, -0.15) is 13.2 Å². The summed E-state index contributed by atoms with van der Waals surface area (Å²) in [5.74, 6) is -11.8. The van der Waals surface area contributed by atoms with Gasteiger partial charge in [0.1, 0.15) is 0 Å². The third-order valence-electron chi connectivity index (χ3n) is 2.07. The first-order valence-electron chi connectivity index (χ1n) is 4.40. The molecule has 2 N–H and O–H groups in total. The lowest BCUT2D eigenvalue weighted by Crippen LogP contribution is -2.24. The molecule has 1 atom stereocenters. The lowest BCUT2D eigenvalue weighted by molar-refractivity contribution is -0.138. The van der Waals surface area contributed by atoms with Crippen molar-refractivity contribution in [2.45, 2.75) is 18.6 Å². The first-order valence-corrected chi connectivity index (χ1v) is 4.40. The van der Waals surface area contributed by atoms with Crippen LogP contribution in [0.2, 0.25) is 0 Å². The molecule has 0 aliphatic rings. The molecule has 1 rings (SSSR count). The van der Waals surface area contributed by atoms with Gasteiger partial charge in [-0.15, -0.1) is 0 Å². The summed E-state index contributed by atoms with van der Waals surface area (Å²) in [5, 5.41) is 0. The van der Waals surface area contributed by atoms with Crippen molar-refractivity contribution in [3.05, 3.63) is 34.6 Å². The Bertz CT molecular complexity index is 438. The number of hydrogen-bond donors (Lipinski definition) is 1. The molecular weight excluding hydrogens is 274 g/mol. The SMILES string of the molecule is N[C@@H](CC(F)(F)F)c1c(F)c(F)c(F)c(F)c1F. The van der Waals surface area contributed by atoms with Crippen LogP contribution in [0.3, 0.4) is 0 Å². The Kier molecular flexibility index (Phi) is 3.84. The van der Waals surface area contributed by atoms with Gasteiger partial charge in [0, 0.05) is 11.6 Å². The van der Waals surface area contributed by atoms with Gasteiger partial charge in [0.2, 0.25) is 5.82 Å². The minimum Gasteiger partial charge on any atom is -0.323 e. The Labute approximate surface area is 95.2 Å². The van der Waals surface area contributed by atoms with Gasteiger partial charge in [-0.1, -0.05) is 0 Å². The monoisotopic (exact) mass is 279 g/mol. The fourth-order valence-corrected chi connectivity index (χ4v) is 1.30. The summed E-state index contributed by atoms with van der Waals surface area (Å²) in [6.07, 6.45) is -6.81. The van der Waals surface area contributed by atoms with Crippen molar-refractivity contribution >= 4 is 0 Å². The average molecular weight is 279 g/mol. The highest BCUT2D eigenvalue weighted by Gasteiger charge is 2.36. The Morgan fingerprint density at radius 2 is 1.11 bits per heavy atom. The zero-order valence-corrected chi connectivity index (χ0v) is 8.39. The predicted octanol–water partition coefficient (Wildman–Crippen LogP) is 3.33. The largest absolute Gasteiger partial charge is 0.390 e. The molecule has 0 aliphatic heterocycles. The highest BCUT2D eigenvalue weighted by molar-refractivity contribution is 5.26. The molecule has 0 heterocycles. The first kappa shape index (κ1) is 14.7. The van der Waals surface area contributed by atoms with Gasteiger partial charge in [0.05, 0.1) is 6.42 Å². The Balaban J connectivity index is 3.33. The fourth-order valence-electron chi connectivity index (χ4n) is 1.30. The normalized spacial score (nSPS) is 13.8. The Morgan fingerprint density at radius 1 is 0.778 bits per heavy atom. The van der Waals surface area contributed by atoms with Gasteiger partial charge in [-0.05, 0) is 0 Å². The van der Waals surface area contributed by atoms with Crippen molar-refractivity contribution in [3.8, 4) is 0 Å². The van der Waals surface area contributed by atoms with Crippen molar-refractivity contribution in [2.24, 2.45) is 5.73 Å². The van der Waals surface area contributed by atoms with E-state index >= 15 is 0 Å². The quantitative estimate of drug-likeness (QED) is 0.501. The van der Waals surface area contributed by atoms with Crippen molar-refractivity contribution in [1.29, 1.82) is 0 Å². The number of alkyl halides is 3. The van der Waals surface area contributed by atoms with E-state index in [1.54, 1.807) is 0 Å². The van der Waals surface area contributed by atoms with Crippen LogP contribution < -0.4 is 5.73 Å². The molecule has 1 aromatic carbocycles. The molecule has 0 aromatic heterocycles. The van der Waals surface area contributed by atoms with E-state index in [-0.39, 0.29) is 0 Å². The summed E-state index contributed by atoms with van der Waals surface area (Å²) in [7, 11) is 0. The van der Waals surface area contributed by atoms with Crippen LogP contribution in [0, 0.1) is 29.1 Å². The maximum Gasteiger partial charge on any atom is 0.390 e. The first-order chi connectivity index (χ1) is 8.06. The van der Waals surface area contributed by atoms with Crippen LogP contribution in [-0.2, 0) is 0 Å². The molecule has 0 bridgehead atoms. The number of halogens is 8. The number of rotatable bonds is 2. The van der Waals surface area contributed by atoms with Crippen LogP contribution in [0.25, 0.3) is 0 Å². The summed E-state index contributed by atoms with van der Waals surface area (Å²) in [6.45, 7) is 0. The zero-order valence-electron chi connectivity index (χ0n) is 8.39. The Morgan fingerprint density at radius 3 is 1.44 bits per heavy atom. The highest BCUT2D eigenvalue weighted by Crippen LogP contribution is 2.33. The molecule has 0 fully saturated rings. The van der Waals surface area contributed by atoms with Gasteiger partial charge in [0.25, 0.3) is 0 Å². The molecule has 18 heavy (non-hydrogen) atoms. The molecule has 1 nitrogen and oxygen atoms in total. The molecular formula is C9H5F8N. The lowest BCUT2D eigenvalue weighted by Gasteiger charge is -2.16. The summed E-state index contributed by atoms with van der Waals surface area (Å²) < 4.78 is 100.0. The second kappa shape index (κ2) is 4.71. The molecule has 0 radical (unpaired) electrons. The minimum absolute atomic E-state index is 1.68. The fraction of sp³-hybridized carbons (Fsp3) is 0.333. The van der Waals surface area contributed by atoms with E-state index in [1.807, 2.05) is 0 Å². The number of benzene rings is 1. The minimum atomic E-state index is -4.90. The summed E-state index contributed by atoms with van der Waals surface area (Å²) in [5.41, 5.74) is 3.14. The van der Waals surface area contributed by atoms with E-state index in [0.717, 1.165) is 0 Å². The molecule has 0 unspecified atom stereocenters. The van der Waals surface area contributed by atoms with Crippen molar-refractivity contribution in [2.75, 3.05) is 0 Å². The molecule has 0 aliphatic carbocycles. The highest BCUT2D eigenvalue weighted by atomic mass is 19.4. The smallest absolute Gasteiger partial charge is 0.323 e. The van der Waals surface area contributed by atoms with Crippen molar-refractivity contribution in [1.82, 2.24) is 0 Å². The standard InChI is InChI=1S/C9H5F8N/c10-4-3(2(18)1-9(15,16)17)5(11)7(13)8(14)6(4)12/h2H,1,18H2/t2-/m0/s1. The van der Waals surface area contributed by atoms with Crippen LogP contribution in [0.1, 0.15) is 18.0 Å². The molecule has 1 aromatic rings. The maximum atomic E-state index is 13.1. The average Bonchev–Trinajstić information content (AvgIpc) is 2.21. The van der Waals surface area contributed by atoms with Crippen molar-refractivity contribution in [3.63, 3.8) is 0 Å². The molecule has 0 saturated heterocycles. The van der Waals surface area contributed by atoms with E-state index in [2.05, 4.69) is 0 Å². The number of nitrogens with two attached hydrogens (primary N) is 1. The molecule has 102 valence electrons.